The van der Waals surface area contributed by atoms with E-state index < -0.39 is 10.8 Å². The van der Waals surface area contributed by atoms with Crippen molar-refractivity contribution in [2.45, 2.75) is 13.8 Å². The predicted molar refractivity (Wildman–Crippen MR) is 84.0 cm³/mol. The SMILES string of the molecule is C/C(=N/NC(=O)c1ccc([N+](=O)[O-])cc1)c1c(C)nsc1N. The van der Waals surface area contributed by atoms with Crippen molar-refractivity contribution in [3.63, 3.8) is 0 Å². The fourth-order valence-electron chi connectivity index (χ4n) is 1.82. The predicted octanol–water partition coefficient (Wildman–Crippen LogP) is 2.10. The van der Waals surface area contributed by atoms with Gasteiger partial charge in [0.1, 0.15) is 5.00 Å². The number of aromatic nitrogens is 1. The molecule has 2 rings (SSSR count). The Bertz CT molecular complexity index is 732. The van der Waals surface area contributed by atoms with E-state index in [2.05, 4.69) is 14.9 Å². The molecule has 1 aromatic carbocycles. The van der Waals surface area contributed by atoms with Crippen LogP contribution >= 0.6 is 11.5 Å². The van der Waals surface area contributed by atoms with Crippen LogP contribution in [0.4, 0.5) is 10.7 Å². The van der Waals surface area contributed by atoms with E-state index in [4.69, 9.17) is 5.73 Å². The summed E-state index contributed by atoms with van der Waals surface area (Å²) in [5, 5.41) is 15.1. The molecule has 0 spiro atoms. The van der Waals surface area contributed by atoms with Gasteiger partial charge in [-0.25, -0.2) is 5.43 Å². The third-order valence-electron chi connectivity index (χ3n) is 2.92. The highest BCUT2D eigenvalue weighted by Crippen LogP contribution is 2.21. The second kappa shape index (κ2) is 6.31. The van der Waals surface area contributed by atoms with Crippen molar-refractivity contribution < 1.29 is 9.72 Å². The largest absolute Gasteiger partial charge is 0.389 e. The minimum absolute atomic E-state index is 0.0797. The number of hydrogen-bond donors (Lipinski definition) is 2. The number of hydrogen-bond acceptors (Lipinski definition) is 7. The van der Waals surface area contributed by atoms with Gasteiger partial charge in [-0.1, -0.05) is 0 Å². The normalized spacial score (nSPS) is 11.3. The van der Waals surface area contributed by atoms with Gasteiger partial charge in [0, 0.05) is 17.7 Å². The van der Waals surface area contributed by atoms with Gasteiger partial charge in [-0.2, -0.15) is 9.47 Å². The van der Waals surface area contributed by atoms with Gasteiger partial charge >= 0.3 is 0 Å². The molecule has 0 aliphatic heterocycles. The van der Waals surface area contributed by atoms with Gasteiger partial charge in [-0.05, 0) is 37.5 Å². The third-order valence-corrected chi connectivity index (χ3v) is 3.68. The minimum atomic E-state index is -0.529. The second-order valence-electron chi connectivity index (χ2n) is 4.45. The van der Waals surface area contributed by atoms with Crippen molar-refractivity contribution >= 4 is 33.8 Å². The van der Waals surface area contributed by atoms with Crippen LogP contribution in [0.1, 0.15) is 28.5 Å². The van der Waals surface area contributed by atoms with Gasteiger partial charge in [-0.15, -0.1) is 0 Å². The van der Waals surface area contributed by atoms with Crippen LogP contribution in [0.15, 0.2) is 29.4 Å². The van der Waals surface area contributed by atoms with Crippen LogP contribution in [0.25, 0.3) is 0 Å². The molecule has 0 aliphatic rings. The first-order valence-electron chi connectivity index (χ1n) is 6.21. The number of carbonyl (C=O) groups is 1. The molecule has 9 heteroatoms. The number of nitro groups is 1. The molecule has 0 atom stereocenters. The van der Waals surface area contributed by atoms with Crippen LogP contribution in [-0.4, -0.2) is 20.9 Å². The van der Waals surface area contributed by atoms with E-state index in [0.29, 0.717) is 16.3 Å². The Balaban J connectivity index is 2.12. The van der Waals surface area contributed by atoms with Crippen LogP contribution in [-0.2, 0) is 0 Å². The monoisotopic (exact) mass is 319 g/mol. The first-order valence-corrected chi connectivity index (χ1v) is 6.98. The van der Waals surface area contributed by atoms with Crippen LogP contribution in [0.3, 0.4) is 0 Å². The zero-order chi connectivity index (χ0) is 16.3. The topological polar surface area (TPSA) is 124 Å². The fraction of sp³-hybridized carbons (Fsp3) is 0.154. The van der Waals surface area contributed by atoms with Crippen LogP contribution in [0.5, 0.6) is 0 Å². The van der Waals surface area contributed by atoms with Gasteiger partial charge in [0.25, 0.3) is 11.6 Å². The number of nitrogens with zero attached hydrogens (tertiary/aromatic N) is 3. The Morgan fingerprint density at radius 3 is 2.55 bits per heavy atom. The van der Waals surface area contributed by atoms with E-state index in [1.165, 1.54) is 24.3 Å². The number of nitro benzene ring substituents is 1. The molecule has 0 radical (unpaired) electrons. The van der Waals surface area contributed by atoms with Crippen molar-refractivity contribution in [3.8, 4) is 0 Å². The molecular formula is C13H13N5O3S. The Labute approximate surface area is 130 Å². The Kier molecular flexibility index (Phi) is 4.47. The molecule has 1 amide bonds. The van der Waals surface area contributed by atoms with E-state index in [1.807, 2.05) is 0 Å². The maximum atomic E-state index is 11.9. The summed E-state index contributed by atoms with van der Waals surface area (Å²) in [6.07, 6.45) is 0. The molecule has 0 saturated carbocycles. The number of aryl methyl sites for hydroxylation is 1. The number of benzene rings is 1. The average Bonchev–Trinajstić information content (AvgIpc) is 2.83. The van der Waals surface area contributed by atoms with E-state index in [9.17, 15) is 14.9 Å². The lowest BCUT2D eigenvalue weighted by Crippen LogP contribution is -2.19. The summed E-state index contributed by atoms with van der Waals surface area (Å²) in [5.74, 6) is -0.464. The van der Waals surface area contributed by atoms with Crippen LogP contribution in [0.2, 0.25) is 0 Å². The van der Waals surface area contributed by atoms with E-state index in [1.54, 1.807) is 13.8 Å². The summed E-state index contributed by atoms with van der Waals surface area (Å²) in [7, 11) is 0. The van der Waals surface area contributed by atoms with E-state index in [0.717, 1.165) is 17.2 Å². The highest BCUT2D eigenvalue weighted by Gasteiger charge is 2.12. The van der Waals surface area contributed by atoms with Crippen LogP contribution in [0, 0.1) is 17.0 Å². The summed E-state index contributed by atoms with van der Waals surface area (Å²) >= 11 is 1.16. The number of amides is 1. The molecule has 3 N–H and O–H groups in total. The molecule has 1 heterocycles. The molecule has 0 aliphatic carbocycles. The second-order valence-corrected chi connectivity index (χ2v) is 5.25. The summed E-state index contributed by atoms with van der Waals surface area (Å²) < 4.78 is 4.11. The minimum Gasteiger partial charge on any atom is -0.389 e. The molecule has 0 fully saturated rings. The fourth-order valence-corrected chi connectivity index (χ4v) is 2.53. The van der Waals surface area contributed by atoms with Crippen LogP contribution < -0.4 is 11.2 Å². The Hall–Kier alpha value is -2.81. The van der Waals surface area contributed by atoms with Gasteiger partial charge in [0.15, 0.2) is 0 Å². The zero-order valence-electron chi connectivity index (χ0n) is 11.9. The molecular weight excluding hydrogens is 306 g/mol. The highest BCUT2D eigenvalue weighted by molar-refractivity contribution is 7.10. The molecule has 8 nitrogen and oxygen atoms in total. The van der Waals surface area contributed by atoms with E-state index in [-0.39, 0.29) is 11.3 Å². The number of anilines is 1. The lowest BCUT2D eigenvalue weighted by atomic mass is 10.2. The molecule has 2 aromatic rings. The molecule has 114 valence electrons. The number of hydrazone groups is 1. The number of non-ortho nitro benzene ring substituents is 1. The molecule has 22 heavy (non-hydrogen) atoms. The van der Waals surface area contributed by atoms with Crippen molar-refractivity contribution in [2.24, 2.45) is 5.10 Å². The quantitative estimate of drug-likeness (QED) is 0.507. The first-order chi connectivity index (χ1) is 10.4. The average molecular weight is 319 g/mol. The molecule has 0 unspecified atom stereocenters. The Morgan fingerprint density at radius 1 is 1.41 bits per heavy atom. The van der Waals surface area contributed by atoms with Crippen molar-refractivity contribution in [3.05, 3.63) is 51.2 Å². The lowest BCUT2D eigenvalue weighted by Gasteiger charge is -2.03. The maximum Gasteiger partial charge on any atom is 0.271 e. The molecule has 0 saturated heterocycles. The van der Waals surface area contributed by atoms with Crippen molar-refractivity contribution in [1.82, 2.24) is 9.80 Å². The zero-order valence-corrected chi connectivity index (χ0v) is 12.7. The summed E-state index contributed by atoms with van der Waals surface area (Å²) in [4.78, 5) is 22.0. The lowest BCUT2D eigenvalue weighted by molar-refractivity contribution is -0.384. The molecule has 1 aromatic heterocycles. The summed E-state index contributed by atoms with van der Waals surface area (Å²) in [6, 6.07) is 5.25. The highest BCUT2D eigenvalue weighted by atomic mass is 32.1. The maximum absolute atomic E-state index is 11.9. The van der Waals surface area contributed by atoms with Gasteiger partial charge in [0.2, 0.25) is 0 Å². The number of nitrogen functional groups attached to an aromatic ring is 1. The Morgan fingerprint density at radius 2 is 2.05 bits per heavy atom. The first kappa shape index (κ1) is 15.6. The summed E-state index contributed by atoms with van der Waals surface area (Å²) in [6.45, 7) is 3.52. The number of rotatable bonds is 4. The third kappa shape index (κ3) is 3.26. The number of carbonyl (C=O) groups excluding carboxylic acids is 1. The van der Waals surface area contributed by atoms with Crippen molar-refractivity contribution in [1.29, 1.82) is 0 Å². The smallest absolute Gasteiger partial charge is 0.271 e. The van der Waals surface area contributed by atoms with E-state index >= 15 is 0 Å². The molecule has 0 bridgehead atoms. The standard InChI is InChI=1S/C13H13N5O3S/c1-7(11-8(2)17-22-12(11)14)15-16-13(19)9-3-5-10(6-4-9)18(20)21/h3-6H,14H2,1-2H3,(H,16,19)/b15-7-. The van der Waals surface area contributed by atoms with Crippen molar-refractivity contribution in [2.75, 3.05) is 5.73 Å². The van der Waals surface area contributed by atoms with Gasteiger partial charge in [0.05, 0.1) is 21.9 Å². The van der Waals surface area contributed by atoms with Gasteiger partial charge < -0.3 is 5.73 Å². The van der Waals surface area contributed by atoms with Gasteiger partial charge in [-0.3, -0.25) is 14.9 Å². The summed E-state index contributed by atoms with van der Waals surface area (Å²) in [5.41, 5.74) is 10.4. The number of nitrogens with two attached hydrogens (primary N) is 1. The number of nitrogens with one attached hydrogen (secondary N) is 1.